The van der Waals surface area contributed by atoms with Crippen LogP contribution in [0.4, 0.5) is 0 Å². The molecule has 0 atom stereocenters. The molecular weight excluding hydrogens is 224 g/mol. The average Bonchev–Trinajstić information content (AvgIpc) is 3.25. The Labute approximate surface area is 113 Å². The van der Waals surface area contributed by atoms with Gasteiger partial charge < -0.3 is 10.2 Å². The second-order valence-electron chi connectivity index (χ2n) is 6.24. The molecule has 0 spiro atoms. The Morgan fingerprint density at radius 3 is 0.667 bits per heavy atom. The normalized spacial score (nSPS) is 38.0. The molecule has 2 nitrogen and oxygen atoms in total. The zero-order valence-electron chi connectivity index (χ0n) is 12.3. The van der Waals surface area contributed by atoms with Crippen LogP contribution >= 0.6 is 0 Å². The summed E-state index contributed by atoms with van der Waals surface area (Å²) in [5.41, 5.74) is 0. The fourth-order valence-corrected chi connectivity index (χ4v) is 4.35. The van der Waals surface area contributed by atoms with Gasteiger partial charge in [-0.2, -0.15) is 0 Å². The molecule has 0 aromatic carbocycles. The highest BCUT2D eigenvalue weighted by atomic mass is 16.2. The topological polar surface area (TPSA) is 40.5 Å². The third-order valence-corrected chi connectivity index (χ3v) is 5.27. The Morgan fingerprint density at radius 1 is 0.444 bits per heavy atom. The minimum Gasteiger partial charge on any atom is -0.400 e. The number of hydrogen-bond donors (Lipinski definition) is 2. The maximum absolute atomic E-state index is 7.00. The van der Waals surface area contributed by atoms with Gasteiger partial charge in [-0.25, -0.2) is 0 Å². The third kappa shape index (κ3) is 4.55. The standard InChI is InChI=1S/2C7H12.2CH4O/c2*1-2-7-4-3-6(1)5-7;2*1-2/h2*6-7H,1-5H2;2*2H,1H3. The van der Waals surface area contributed by atoms with E-state index in [1.54, 1.807) is 64.2 Å². The molecule has 4 bridgehead atoms. The Balaban J connectivity index is 0.000000142. The van der Waals surface area contributed by atoms with Gasteiger partial charge in [-0.3, -0.25) is 0 Å². The molecule has 2 N–H and O–H groups in total. The zero-order chi connectivity index (χ0) is 13.4. The predicted molar refractivity (Wildman–Crippen MR) is 76.4 cm³/mol. The van der Waals surface area contributed by atoms with Crippen LogP contribution in [0.25, 0.3) is 0 Å². The number of aliphatic hydroxyl groups is 2. The maximum Gasteiger partial charge on any atom is 0.0319 e. The minimum atomic E-state index is 1.00. The summed E-state index contributed by atoms with van der Waals surface area (Å²) in [5, 5.41) is 14.0. The van der Waals surface area contributed by atoms with E-state index in [1.165, 1.54) is 23.7 Å². The van der Waals surface area contributed by atoms with Gasteiger partial charge in [-0.1, -0.05) is 51.4 Å². The van der Waals surface area contributed by atoms with Crippen molar-refractivity contribution in [3.63, 3.8) is 0 Å². The van der Waals surface area contributed by atoms with E-state index in [9.17, 15) is 0 Å². The molecule has 0 heterocycles. The summed E-state index contributed by atoms with van der Waals surface area (Å²) in [7, 11) is 2.00. The number of fused-ring (bicyclic) bond motifs is 4. The summed E-state index contributed by atoms with van der Waals surface area (Å²) >= 11 is 0. The molecule has 0 aromatic heterocycles. The van der Waals surface area contributed by atoms with E-state index in [0.29, 0.717) is 0 Å². The smallest absolute Gasteiger partial charge is 0.0319 e. The molecule has 0 unspecified atom stereocenters. The van der Waals surface area contributed by atoms with E-state index in [0.717, 1.165) is 14.2 Å². The summed E-state index contributed by atoms with van der Waals surface area (Å²) in [6.07, 6.45) is 15.6. The first-order chi connectivity index (χ1) is 8.90. The van der Waals surface area contributed by atoms with Crippen LogP contribution in [0.5, 0.6) is 0 Å². The first kappa shape index (κ1) is 16.0. The van der Waals surface area contributed by atoms with E-state index >= 15 is 0 Å². The lowest BCUT2D eigenvalue weighted by atomic mass is 10.0. The van der Waals surface area contributed by atoms with Gasteiger partial charge in [0, 0.05) is 14.2 Å². The summed E-state index contributed by atoms with van der Waals surface area (Å²) < 4.78 is 0. The summed E-state index contributed by atoms with van der Waals surface area (Å²) in [5.74, 6) is 4.69. The van der Waals surface area contributed by atoms with Gasteiger partial charge in [0.05, 0.1) is 0 Å². The van der Waals surface area contributed by atoms with E-state index in [-0.39, 0.29) is 0 Å². The van der Waals surface area contributed by atoms with Crippen molar-refractivity contribution < 1.29 is 10.2 Å². The molecule has 0 aliphatic heterocycles. The van der Waals surface area contributed by atoms with Crippen molar-refractivity contribution >= 4 is 0 Å². The van der Waals surface area contributed by atoms with Crippen molar-refractivity contribution in [2.45, 2.75) is 64.2 Å². The lowest BCUT2D eigenvalue weighted by molar-refractivity contribution is 0.399. The number of aliphatic hydroxyl groups excluding tert-OH is 2. The lowest BCUT2D eigenvalue weighted by Gasteiger charge is -2.05. The zero-order valence-corrected chi connectivity index (χ0v) is 12.3. The minimum absolute atomic E-state index is 1.00. The highest BCUT2D eigenvalue weighted by Gasteiger charge is 2.31. The second kappa shape index (κ2) is 8.92. The van der Waals surface area contributed by atoms with Crippen LogP contribution in [0.15, 0.2) is 0 Å². The second-order valence-corrected chi connectivity index (χ2v) is 6.24. The van der Waals surface area contributed by atoms with Gasteiger partial charge in [0.2, 0.25) is 0 Å². The van der Waals surface area contributed by atoms with Crippen LogP contribution in [0, 0.1) is 23.7 Å². The van der Waals surface area contributed by atoms with Crippen molar-refractivity contribution in [2.75, 3.05) is 14.2 Å². The highest BCUT2D eigenvalue weighted by molar-refractivity contribution is 4.83. The molecular formula is C16H32O2. The molecule has 18 heavy (non-hydrogen) atoms. The molecule has 4 aliphatic carbocycles. The molecule has 4 fully saturated rings. The lowest BCUT2D eigenvalue weighted by Crippen LogP contribution is -1.90. The van der Waals surface area contributed by atoms with Gasteiger partial charge in [0.15, 0.2) is 0 Å². The predicted octanol–water partition coefficient (Wildman–Crippen LogP) is 3.61. The van der Waals surface area contributed by atoms with E-state index in [2.05, 4.69) is 0 Å². The van der Waals surface area contributed by atoms with Crippen LogP contribution in [0.2, 0.25) is 0 Å². The highest BCUT2D eigenvalue weighted by Crippen LogP contribution is 2.44. The average molecular weight is 256 g/mol. The van der Waals surface area contributed by atoms with E-state index in [4.69, 9.17) is 10.2 Å². The van der Waals surface area contributed by atoms with Gasteiger partial charge >= 0.3 is 0 Å². The van der Waals surface area contributed by atoms with Gasteiger partial charge in [0.1, 0.15) is 0 Å². The van der Waals surface area contributed by atoms with Crippen LogP contribution < -0.4 is 0 Å². The number of rotatable bonds is 0. The van der Waals surface area contributed by atoms with Gasteiger partial charge in [-0.15, -0.1) is 0 Å². The fraction of sp³-hybridized carbons (Fsp3) is 1.00. The van der Waals surface area contributed by atoms with Crippen molar-refractivity contribution in [1.29, 1.82) is 0 Å². The maximum atomic E-state index is 7.00. The Bertz CT molecular complexity index is 147. The molecule has 4 rings (SSSR count). The molecule has 2 heteroatoms. The van der Waals surface area contributed by atoms with Crippen LogP contribution in [0.3, 0.4) is 0 Å². The van der Waals surface area contributed by atoms with Gasteiger partial charge in [0.25, 0.3) is 0 Å². The van der Waals surface area contributed by atoms with Crippen molar-refractivity contribution in [2.24, 2.45) is 23.7 Å². The molecule has 4 saturated carbocycles. The third-order valence-electron chi connectivity index (χ3n) is 5.27. The monoisotopic (exact) mass is 256 g/mol. The Hall–Kier alpha value is -0.0800. The molecule has 0 amide bonds. The Kier molecular flexibility index (Phi) is 7.92. The molecule has 0 aromatic rings. The van der Waals surface area contributed by atoms with E-state index in [1.807, 2.05) is 0 Å². The molecule has 0 radical (unpaired) electrons. The number of hydrogen-bond acceptors (Lipinski definition) is 2. The molecule has 0 saturated heterocycles. The van der Waals surface area contributed by atoms with Crippen molar-refractivity contribution in [3.05, 3.63) is 0 Å². The van der Waals surface area contributed by atoms with Crippen LogP contribution in [-0.4, -0.2) is 24.4 Å². The summed E-state index contributed by atoms with van der Waals surface area (Å²) in [6, 6.07) is 0. The van der Waals surface area contributed by atoms with Crippen molar-refractivity contribution in [3.8, 4) is 0 Å². The summed E-state index contributed by atoms with van der Waals surface area (Å²) in [4.78, 5) is 0. The first-order valence-corrected chi connectivity index (χ1v) is 7.79. The first-order valence-electron chi connectivity index (χ1n) is 7.79. The van der Waals surface area contributed by atoms with Crippen LogP contribution in [0.1, 0.15) is 64.2 Å². The van der Waals surface area contributed by atoms with Crippen molar-refractivity contribution in [1.82, 2.24) is 0 Å². The van der Waals surface area contributed by atoms with E-state index < -0.39 is 0 Å². The van der Waals surface area contributed by atoms with Gasteiger partial charge in [-0.05, 0) is 36.5 Å². The Morgan fingerprint density at radius 2 is 0.611 bits per heavy atom. The fourth-order valence-electron chi connectivity index (χ4n) is 4.35. The molecule has 4 aliphatic rings. The SMILES string of the molecule is C1CC2CCC1C2.C1CC2CCC1C2.CO.CO. The molecule has 108 valence electrons. The van der Waals surface area contributed by atoms with Crippen LogP contribution in [-0.2, 0) is 0 Å². The largest absolute Gasteiger partial charge is 0.400 e. The quantitative estimate of drug-likeness (QED) is 0.695. The summed E-state index contributed by atoms with van der Waals surface area (Å²) in [6.45, 7) is 0.